The zero-order chi connectivity index (χ0) is 17.6. The second kappa shape index (κ2) is 8.14. The molecule has 1 aliphatic heterocycles. The SMILES string of the molecule is O=C(O)COc1cccc(CN2C[C@@H](CO)[C@H](c3ccccc3)C2)c1. The third kappa shape index (κ3) is 4.59. The minimum Gasteiger partial charge on any atom is -0.482 e. The average Bonchev–Trinajstić information content (AvgIpc) is 3.04. The number of carbonyl (C=O) groups is 1. The molecule has 0 saturated carbocycles. The Morgan fingerprint density at radius 2 is 1.92 bits per heavy atom. The summed E-state index contributed by atoms with van der Waals surface area (Å²) in [4.78, 5) is 12.9. The number of ether oxygens (including phenoxy) is 1. The van der Waals surface area contributed by atoms with Crippen molar-refractivity contribution in [2.24, 2.45) is 5.92 Å². The lowest BCUT2D eigenvalue weighted by atomic mass is 9.90. The molecular formula is C20H23NO4. The number of carboxylic acids is 1. The largest absolute Gasteiger partial charge is 0.482 e. The fraction of sp³-hybridized carbons (Fsp3) is 0.350. The normalized spacial score (nSPS) is 20.5. The maximum atomic E-state index is 10.6. The maximum absolute atomic E-state index is 10.6. The summed E-state index contributed by atoms with van der Waals surface area (Å²) >= 11 is 0. The van der Waals surface area contributed by atoms with Crippen molar-refractivity contribution in [2.45, 2.75) is 12.5 Å². The van der Waals surface area contributed by atoms with Gasteiger partial charge in [-0.2, -0.15) is 0 Å². The van der Waals surface area contributed by atoms with Crippen molar-refractivity contribution in [3.05, 3.63) is 65.7 Å². The molecule has 1 saturated heterocycles. The molecule has 5 nitrogen and oxygen atoms in total. The first-order valence-corrected chi connectivity index (χ1v) is 8.47. The summed E-state index contributed by atoms with van der Waals surface area (Å²) in [5, 5.41) is 18.5. The fourth-order valence-electron chi connectivity index (χ4n) is 3.49. The van der Waals surface area contributed by atoms with Crippen molar-refractivity contribution in [2.75, 3.05) is 26.3 Å². The molecule has 3 rings (SSSR count). The van der Waals surface area contributed by atoms with E-state index in [1.54, 1.807) is 6.07 Å². The summed E-state index contributed by atoms with van der Waals surface area (Å²) in [6.07, 6.45) is 0. The number of hydrogen-bond acceptors (Lipinski definition) is 4. The van der Waals surface area contributed by atoms with Gasteiger partial charge in [0, 0.05) is 38.1 Å². The lowest BCUT2D eigenvalue weighted by Gasteiger charge is -2.17. The molecule has 0 amide bonds. The second-order valence-corrected chi connectivity index (χ2v) is 6.48. The summed E-state index contributed by atoms with van der Waals surface area (Å²) in [6.45, 7) is 2.34. The molecular weight excluding hydrogens is 318 g/mol. The summed E-state index contributed by atoms with van der Waals surface area (Å²) in [5.74, 6) is 0.144. The monoisotopic (exact) mass is 341 g/mol. The van der Waals surface area contributed by atoms with Crippen molar-refractivity contribution in [3.63, 3.8) is 0 Å². The Kier molecular flexibility index (Phi) is 5.68. The molecule has 0 radical (unpaired) electrons. The summed E-state index contributed by atoms with van der Waals surface area (Å²) in [5.41, 5.74) is 2.34. The van der Waals surface area contributed by atoms with Crippen molar-refractivity contribution in [1.29, 1.82) is 0 Å². The van der Waals surface area contributed by atoms with Crippen molar-refractivity contribution >= 4 is 5.97 Å². The van der Waals surface area contributed by atoms with Gasteiger partial charge in [-0.05, 0) is 23.3 Å². The Balaban J connectivity index is 1.65. The maximum Gasteiger partial charge on any atom is 0.341 e. The fourth-order valence-corrected chi connectivity index (χ4v) is 3.49. The number of likely N-dealkylation sites (tertiary alicyclic amines) is 1. The third-order valence-electron chi connectivity index (χ3n) is 4.65. The molecule has 0 aromatic heterocycles. The lowest BCUT2D eigenvalue weighted by molar-refractivity contribution is -0.139. The van der Waals surface area contributed by atoms with Gasteiger partial charge in [-0.3, -0.25) is 4.90 Å². The van der Waals surface area contributed by atoms with Crippen LogP contribution in [0.2, 0.25) is 0 Å². The van der Waals surface area contributed by atoms with Crippen molar-refractivity contribution < 1.29 is 19.7 Å². The van der Waals surface area contributed by atoms with E-state index in [0.29, 0.717) is 11.7 Å². The molecule has 1 fully saturated rings. The first-order chi connectivity index (χ1) is 12.2. The summed E-state index contributed by atoms with van der Waals surface area (Å²) in [7, 11) is 0. The van der Waals surface area contributed by atoms with Crippen molar-refractivity contribution in [3.8, 4) is 5.75 Å². The van der Waals surface area contributed by atoms with Crippen LogP contribution in [0.15, 0.2) is 54.6 Å². The van der Waals surface area contributed by atoms with Gasteiger partial charge in [0.15, 0.2) is 6.61 Å². The molecule has 2 aromatic carbocycles. The van der Waals surface area contributed by atoms with E-state index in [2.05, 4.69) is 17.0 Å². The number of aliphatic carboxylic acids is 1. The minimum atomic E-state index is -0.985. The highest BCUT2D eigenvalue weighted by molar-refractivity contribution is 5.68. The molecule has 5 heteroatoms. The number of rotatable bonds is 7. The molecule has 0 spiro atoms. The number of nitrogens with zero attached hydrogens (tertiary/aromatic N) is 1. The molecule has 25 heavy (non-hydrogen) atoms. The van der Waals surface area contributed by atoms with Crippen LogP contribution >= 0.6 is 0 Å². The average molecular weight is 341 g/mol. The second-order valence-electron chi connectivity index (χ2n) is 6.48. The Bertz CT molecular complexity index is 704. The van der Waals surface area contributed by atoms with E-state index >= 15 is 0 Å². The van der Waals surface area contributed by atoms with Crippen LogP contribution in [-0.2, 0) is 11.3 Å². The van der Waals surface area contributed by atoms with E-state index in [1.165, 1.54) is 5.56 Å². The molecule has 0 unspecified atom stereocenters. The molecule has 2 aromatic rings. The highest BCUT2D eigenvalue weighted by Gasteiger charge is 2.33. The number of aliphatic hydroxyl groups is 1. The number of aliphatic hydroxyl groups excluding tert-OH is 1. The van der Waals surface area contributed by atoms with Crippen LogP contribution in [0.4, 0.5) is 0 Å². The Hall–Kier alpha value is -2.37. The van der Waals surface area contributed by atoms with Gasteiger partial charge in [-0.25, -0.2) is 4.79 Å². The van der Waals surface area contributed by atoms with Gasteiger partial charge in [0.2, 0.25) is 0 Å². The van der Waals surface area contributed by atoms with E-state index < -0.39 is 5.97 Å². The first-order valence-electron chi connectivity index (χ1n) is 8.47. The van der Waals surface area contributed by atoms with E-state index in [4.69, 9.17) is 9.84 Å². The van der Waals surface area contributed by atoms with Crippen molar-refractivity contribution in [1.82, 2.24) is 4.90 Å². The van der Waals surface area contributed by atoms with E-state index in [9.17, 15) is 9.90 Å². The van der Waals surface area contributed by atoms with Gasteiger partial charge in [-0.15, -0.1) is 0 Å². The zero-order valence-corrected chi connectivity index (χ0v) is 14.0. The van der Waals surface area contributed by atoms with E-state index in [1.807, 2.05) is 36.4 Å². The van der Waals surface area contributed by atoms with Gasteiger partial charge >= 0.3 is 5.97 Å². The molecule has 0 aliphatic carbocycles. The van der Waals surface area contributed by atoms with E-state index in [0.717, 1.165) is 25.2 Å². The quantitative estimate of drug-likeness (QED) is 0.809. The lowest BCUT2D eigenvalue weighted by Crippen LogP contribution is -2.21. The highest BCUT2D eigenvalue weighted by Crippen LogP contribution is 2.33. The number of carboxylic acid groups (broad SMARTS) is 1. The number of benzene rings is 2. The number of hydrogen-bond donors (Lipinski definition) is 2. The van der Waals surface area contributed by atoms with Crippen LogP contribution in [0.5, 0.6) is 5.75 Å². The van der Waals surface area contributed by atoms with Crippen LogP contribution in [-0.4, -0.2) is 47.4 Å². The standard InChI is InChI=1S/C20H23NO4/c22-13-17-11-21(12-19(17)16-6-2-1-3-7-16)10-15-5-4-8-18(9-15)25-14-20(23)24/h1-9,17,19,22H,10-14H2,(H,23,24)/t17-,19-/m0/s1. The van der Waals surface area contributed by atoms with E-state index in [-0.39, 0.29) is 19.1 Å². The summed E-state index contributed by atoms with van der Waals surface area (Å²) in [6, 6.07) is 17.9. The molecule has 132 valence electrons. The predicted molar refractivity (Wildman–Crippen MR) is 94.6 cm³/mol. The van der Waals surface area contributed by atoms with Gasteiger partial charge in [0.05, 0.1) is 0 Å². The third-order valence-corrected chi connectivity index (χ3v) is 4.65. The van der Waals surface area contributed by atoms with Gasteiger partial charge < -0.3 is 14.9 Å². The smallest absolute Gasteiger partial charge is 0.341 e. The van der Waals surface area contributed by atoms with Gasteiger partial charge in [-0.1, -0.05) is 42.5 Å². The topological polar surface area (TPSA) is 70.0 Å². The molecule has 1 aliphatic rings. The Morgan fingerprint density at radius 3 is 2.64 bits per heavy atom. The highest BCUT2D eigenvalue weighted by atomic mass is 16.5. The molecule has 2 N–H and O–H groups in total. The Morgan fingerprint density at radius 1 is 1.12 bits per heavy atom. The van der Waals surface area contributed by atoms with Crippen LogP contribution in [0.3, 0.4) is 0 Å². The van der Waals surface area contributed by atoms with Gasteiger partial charge in [0.25, 0.3) is 0 Å². The van der Waals surface area contributed by atoms with Gasteiger partial charge in [0.1, 0.15) is 5.75 Å². The molecule has 0 bridgehead atoms. The first kappa shape index (κ1) is 17.5. The minimum absolute atomic E-state index is 0.178. The van der Waals surface area contributed by atoms with Crippen LogP contribution in [0.1, 0.15) is 17.0 Å². The van der Waals surface area contributed by atoms with Crippen LogP contribution in [0.25, 0.3) is 0 Å². The predicted octanol–water partition coefficient (Wildman–Crippen LogP) is 2.36. The van der Waals surface area contributed by atoms with Crippen LogP contribution < -0.4 is 4.74 Å². The summed E-state index contributed by atoms with van der Waals surface area (Å²) < 4.78 is 5.25. The molecule has 1 heterocycles. The Labute approximate surface area is 147 Å². The zero-order valence-electron chi connectivity index (χ0n) is 14.0. The van der Waals surface area contributed by atoms with Crippen LogP contribution in [0, 0.1) is 5.92 Å². The molecule has 2 atom stereocenters.